The average Bonchev–Trinajstić information content (AvgIpc) is 3.42. The molecule has 132 valence electrons. The summed E-state index contributed by atoms with van der Waals surface area (Å²) in [5.41, 5.74) is 6.37. The molecule has 2 aliphatic carbocycles. The number of aromatic nitrogens is 1. The third-order valence-electron chi connectivity index (χ3n) is 5.73. The van der Waals surface area contributed by atoms with Gasteiger partial charge in [-0.05, 0) is 72.9 Å². The number of aldehydes is 1. The summed E-state index contributed by atoms with van der Waals surface area (Å²) in [7, 11) is 0. The molecule has 2 heterocycles. The molecule has 26 heavy (non-hydrogen) atoms. The molecule has 0 saturated heterocycles. The highest BCUT2D eigenvalue weighted by Gasteiger charge is 2.42. The van der Waals surface area contributed by atoms with Crippen LogP contribution in [0.5, 0.6) is 0 Å². The lowest BCUT2D eigenvalue weighted by Crippen LogP contribution is -2.34. The Hall–Kier alpha value is -2.69. The number of hydrogen-bond donors (Lipinski definition) is 1. The smallest absolute Gasteiger partial charge is 0.290 e. The van der Waals surface area contributed by atoms with Crippen LogP contribution in [-0.4, -0.2) is 23.8 Å². The summed E-state index contributed by atoms with van der Waals surface area (Å²) in [5, 5.41) is 3.44. The van der Waals surface area contributed by atoms with Gasteiger partial charge in [-0.1, -0.05) is 12.1 Å². The first-order chi connectivity index (χ1) is 12.8. The van der Waals surface area contributed by atoms with Gasteiger partial charge in [0.2, 0.25) is 5.60 Å². The van der Waals surface area contributed by atoms with Gasteiger partial charge < -0.3 is 10.1 Å². The van der Waals surface area contributed by atoms with E-state index in [0.717, 1.165) is 32.0 Å². The molecule has 1 aromatic heterocycles. The third-order valence-corrected chi connectivity index (χ3v) is 5.73. The maximum absolute atomic E-state index is 11.8. The number of carbonyl (C=O) groups is 1. The molecular formula is C21H21N3O2. The molecule has 0 radical (unpaired) electrons. The van der Waals surface area contributed by atoms with Gasteiger partial charge in [-0.25, -0.2) is 4.99 Å². The fraction of sp³-hybridized carbons (Fsp3) is 0.381. The van der Waals surface area contributed by atoms with Crippen LogP contribution < -0.4 is 5.32 Å². The molecule has 5 heteroatoms. The van der Waals surface area contributed by atoms with Gasteiger partial charge >= 0.3 is 0 Å². The Kier molecular flexibility index (Phi) is 3.55. The zero-order valence-electron chi connectivity index (χ0n) is 14.6. The molecule has 5 rings (SSSR count). The predicted molar refractivity (Wildman–Crippen MR) is 99.5 cm³/mol. The van der Waals surface area contributed by atoms with Crippen molar-refractivity contribution in [2.45, 2.75) is 44.1 Å². The largest absolute Gasteiger partial charge is 0.442 e. The maximum Gasteiger partial charge on any atom is 0.290 e. The van der Waals surface area contributed by atoms with Crippen LogP contribution in [-0.2, 0) is 40.8 Å². The van der Waals surface area contributed by atoms with Crippen molar-refractivity contribution in [2.24, 2.45) is 4.99 Å². The zero-order valence-corrected chi connectivity index (χ0v) is 14.6. The Morgan fingerprint density at radius 1 is 1.08 bits per heavy atom. The van der Waals surface area contributed by atoms with E-state index in [1.54, 1.807) is 6.20 Å². The number of carbonyl (C=O) groups excluding carboxylic acids is 1. The number of aryl methyl sites for hydroxylation is 2. The van der Waals surface area contributed by atoms with E-state index in [9.17, 15) is 4.79 Å². The number of ether oxygens (including phenoxy) is 1. The van der Waals surface area contributed by atoms with E-state index in [-0.39, 0.29) is 6.54 Å². The number of amidine groups is 1. The quantitative estimate of drug-likeness (QED) is 0.867. The van der Waals surface area contributed by atoms with E-state index in [1.807, 2.05) is 18.2 Å². The number of aliphatic imine (C=N–C) groups is 1. The summed E-state index contributed by atoms with van der Waals surface area (Å²) < 4.78 is 6.02. The Labute approximate surface area is 152 Å². The molecule has 0 spiro atoms. The summed E-state index contributed by atoms with van der Waals surface area (Å²) in [6, 6.07) is 8.33. The standard InChI is InChI=1S/C21H21N3O2/c25-13-21(18-9-1-2-10-22-18)12-23-20(26-21)24-19-16-7-3-5-14(16)11-15-6-4-8-17(15)19/h1-2,9-11,13H,3-8,12H2,(H,23,24). The number of benzene rings is 1. The highest BCUT2D eigenvalue weighted by Crippen LogP contribution is 2.39. The third kappa shape index (κ3) is 2.34. The first-order valence-electron chi connectivity index (χ1n) is 9.34. The molecule has 1 aromatic carbocycles. The predicted octanol–water partition coefficient (Wildman–Crippen LogP) is 2.95. The van der Waals surface area contributed by atoms with Crippen molar-refractivity contribution < 1.29 is 9.53 Å². The average molecular weight is 347 g/mol. The van der Waals surface area contributed by atoms with Crippen LogP contribution in [0.3, 0.4) is 0 Å². The molecule has 0 saturated carbocycles. The lowest BCUT2D eigenvalue weighted by molar-refractivity contribution is -0.121. The van der Waals surface area contributed by atoms with Crippen molar-refractivity contribution in [1.82, 2.24) is 4.98 Å². The van der Waals surface area contributed by atoms with E-state index in [4.69, 9.17) is 4.74 Å². The van der Waals surface area contributed by atoms with Crippen LogP contribution in [0, 0.1) is 0 Å². The lowest BCUT2D eigenvalue weighted by atomic mass is 9.99. The van der Waals surface area contributed by atoms with Gasteiger partial charge in [0.15, 0.2) is 6.29 Å². The van der Waals surface area contributed by atoms with Gasteiger partial charge in [-0.15, -0.1) is 0 Å². The number of pyridine rings is 1. The minimum atomic E-state index is -1.12. The fourth-order valence-corrected chi connectivity index (χ4v) is 4.43. The topological polar surface area (TPSA) is 63.6 Å². The van der Waals surface area contributed by atoms with Crippen molar-refractivity contribution in [3.05, 3.63) is 58.4 Å². The van der Waals surface area contributed by atoms with Crippen molar-refractivity contribution >= 4 is 18.0 Å². The van der Waals surface area contributed by atoms with Crippen molar-refractivity contribution in [3.63, 3.8) is 0 Å². The number of anilines is 1. The number of hydrogen-bond acceptors (Lipinski definition) is 5. The molecular weight excluding hydrogens is 326 g/mol. The SMILES string of the molecule is O=CC1(c2ccccn2)CN=C(Nc2c3c(cc4c2CCC4)CCC3)O1. The van der Waals surface area contributed by atoms with Crippen LogP contribution in [0.4, 0.5) is 5.69 Å². The molecule has 1 atom stereocenters. The first-order valence-corrected chi connectivity index (χ1v) is 9.34. The highest BCUT2D eigenvalue weighted by atomic mass is 16.5. The van der Waals surface area contributed by atoms with Gasteiger partial charge in [0.05, 0.1) is 12.2 Å². The number of rotatable bonds is 3. The van der Waals surface area contributed by atoms with Crippen LogP contribution in [0.1, 0.15) is 40.8 Å². The summed E-state index contributed by atoms with van der Waals surface area (Å²) >= 11 is 0. The van der Waals surface area contributed by atoms with Crippen LogP contribution in [0.25, 0.3) is 0 Å². The first kappa shape index (κ1) is 15.6. The second-order valence-corrected chi connectivity index (χ2v) is 7.30. The van der Waals surface area contributed by atoms with Crippen LogP contribution >= 0.6 is 0 Å². The molecule has 1 unspecified atom stereocenters. The highest BCUT2D eigenvalue weighted by molar-refractivity contribution is 5.95. The molecule has 0 fully saturated rings. The fourth-order valence-electron chi connectivity index (χ4n) is 4.43. The van der Waals surface area contributed by atoms with E-state index in [1.165, 1.54) is 40.8 Å². The molecule has 0 bridgehead atoms. The van der Waals surface area contributed by atoms with E-state index >= 15 is 0 Å². The normalized spacial score (nSPS) is 23.2. The lowest BCUT2D eigenvalue weighted by Gasteiger charge is -2.22. The summed E-state index contributed by atoms with van der Waals surface area (Å²) in [6.07, 6.45) is 9.38. The van der Waals surface area contributed by atoms with E-state index in [2.05, 4.69) is 21.4 Å². The van der Waals surface area contributed by atoms with Crippen LogP contribution in [0.2, 0.25) is 0 Å². The van der Waals surface area contributed by atoms with Gasteiger partial charge in [0, 0.05) is 11.9 Å². The maximum atomic E-state index is 11.8. The summed E-state index contributed by atoms with van der Waals surface area (Å²) in [6.45, 7) is 0.257. The molecule has 1 aliphatic heterocycles. The molecule has 0 amide bonds. The van der Waals surface area contributed by atoms with Gasteiger partial charge in [0.25, 0.3) is 6.02 Å². The zero-order chi connectivity index (χ0) is 17.6. The summed E-state index contributed by atoms with van der Waals surface area (Å²) in [5.74, 6) is 0. The van der Waals surface area contributed by atoms with Crippen molar-refractivity contribution in [1.29, 1.82) is 0 Å². The Balaban J connectivity index is 1.46. The summed E-state index contributed by atoms with van der Waals surface area (Å²) in [4.78, 5) is 20.6. The number of nitrogens with zero attached hydrogens (tertiary/aromatic N) is 2. The van der Waals surface area contributed by atoms with E-state index in [0.29, 0.717) is 11.7 Å². The second kappa shape index (κ2) is 5.94. The van der Waals surface area contributed by atoms with E-state index < -0.39 is 5.60 Å². The second-order valence-electron chi connectivity index (χ2n) is 7.30. The van der Waals surface area contributed by atoms with Gasteiger partial charge in [-0.2, -0.15) is 0 Å². The Morgan fingerprint density at radius 2 is 1.85 bits per heavy atom. The van der Waals surface area contributed by atoms with Crippen molar-refractivity contribution in [2.75, 3.05) is 11.9 Å². The minimum absolute atomic E-state index is 0.257. The molecule has 2 aromatic rings. The Bertz CT molecular complexity index is 875. The van der Waals surface area contributed by atoms with Crippen molar-refractivity contribution in [3.8, 4) is 0 Å². The minimum Gasteiger partial charge on any atom is -0.442 e. The molecule has 3 aliphatic rings. The van der Waals surface area contributed by atoms with Gasteiger partial charge in [-0.3, -0.25) is 9.78 Å². The number of nitrogens with one attached hydrogen (secondary N) is 1. The van der Waals surface area contributed by atoms with Crippen LogP contribution in [0.15, 0.2) is 35.5 Å². The molecule has 5 nitrogen and oxygen atoms in total. The molecule has 1 N–H and O–H groups in total. The Morgan fingerprint density at radius 3 is 2.50 bits per heavy atom. The number of fused-ring (bicyclic) bond motifs is 2. The monoisotopic (exact) mass is 347 g/mol. The van der Waals surface area contributed by atoms with Gasteiger partial charge in [0.1, 0.15) is 0 Å².